The topological polar surface area (TPSA) is 80.3 Å². The van der Waals surface area contributed by atoms with Gasteiger partial charge in [-0.15, -0.1) is 17.0 Å². The van der Waals surface area contributed by atoms with Gasteiger partial charge < -0.3 is 29.3 Å². The molecule has 27 heavy (non-hydrogen) atoms. The first-order valence-corrected chi connectivity index (χ1v) is 8.72. The van der Waals surface area contributed by atoms with Crippen LogP contribution in [0.25, 0.3) is 0 Å². The Labute approximate surface area is 169 Å². The van der Waals surface area contributed by atoms with E-state index in [4.69, 9.17) is 14.2 Å². The molecule has 0 fully saturated rings. The average Bonchev–Trinajstić information content (AvgIpc) is 3.07. The molecule has 2 amide bonds. The van der Waals surface area contributed by atoms with Crippen molar-refractivity contribution in [2.24, 2.45) is 0 Å². The number of nitrogens with one attached hydrogen (secondary N) is 1. The van der Waals surface area contributed by atoms with Gasteiger partial charge in [-0.25, -0.2) is 0 Å². The lowest BCUT2D eigenvalue weighted by atomic mass is 9.97. The van der Waals surface area contributed by atoms with E-state index in [1.165, 1.54) is 0 Å². The predicted octanol–water partition coefficient (Wildman–Crippen LogP) is 1.07. The zero-order valence-corrected chi connectivity index (χ0v) is 17.6. The molecule has 0 saturated heterocycles. The molecule has 0 aromatic heterocycles. The van der Waals surface area contributed by atoms with Crippen LogP contribution in [0.2, 0.25) is 0 Å². The summed E-state index contributed by atoms with van der Waals surface area (Å²) in [5.41, 5.74) is 1.32. The summed E-state index contributed by atoms with van der Waals surface area (Å²) in [6, 6.07) is 1.83. The number of ether oxygens (including phenoxy) is 3. The van der Waals surface area contributed by atoms with Crippen LogP contribution in [0.15, 0.2) is 6.07 Å². The summed E-state index contributed by atoms with van der Waals surface area (Å²) in [7, 11) is 5.72. The van der Waals surface area contributed by atoms with E-state index in [0.717, 1.165) is 18.5 Å². The summed E-state index contributed by atoms with van der Waals surface area (Å²) in [5, 5.41) is 2.82. The molecule has 0 saturated carbocycles. The molecule has 1 aromatic rings. The molecule has 1 N–H and O–H groups in total. The fourth-order valence-corrected chi connectivity index (χ4v) is 3.02. The molecule has 2 aliphatic rings. The Morgan fingerprint density at radius 3 is 2.89 bits per heavy atom. The smallest absolute Gasteiger partial charge is 0.257 e. The summed E-state index contributed by atoms with van der Waals surface area (Å²) in [6.07, 6.45) is 1.57. The van der Waals surface area contributed by atoms with Crippen LogP contribution >= 0.6 is 17.0 Å². The van der Waals surface area contributed by atoms with Crippen LogP contribution in [0, 0.1) is 0 Å². The van der Waals surface area contributed by atoms with Crippen LogP contribution in [0.5, 0.6) is 17.2 Å². The van der Waals surface area contributed by atoms with Crippen LogP contribution in [-0.2, 0) is 11.2 Å². The molecule has 0 aliphatic carbocycles. The Balaban J connectivity index is 0.00000261. The second-order valence-electron chi connectivity index (χ2n) is 6.75. The maximum Gasteiger partial charge on any atom is 0.257 e. The number of nitrogens with zero attached hydrogens (tertiary/aromatic N) is 2. The van der Waals surface area contributed by atoms with Gasteiger partial charge in [-0.3, -0.25) is 9.59 Å². The summed E-state index contributed by atoms with van der Waals surface area (Å²) in [4.78, 5) is 28.4. The Morgan fingerprint density at radius 2 is 2.15 bits per heavy atom. The molecular formula is C18H26BrN3O5. The number of carbonyl (C=O) groups excluding carboxylic acids is 2. The molecule has 2 heterocycles. The van der Waals surface area contributed by atoms with E-state index in [1.807, 2.05) is 20.2 Å². The van der Waals surface area contributed by atoms with Crippen LogP contribution in [0.4, 0.5) is 0 Å². The Bertz CT molecular complexity index is 711. The van der Waals surface area contributed by atoms with Gasteiger partial charge in [0.05, 0.1) is 5.56 Å². The maximum atomic E-state index is 12.6. The van der Waals surface area contributed by atoms with Gasteiger partial charge >= 0.3 is 0 Å². The number of rotatable bonds is 7. The minimum atomic E-state index is -0.231. The molecule has 150 valence electrons. The maximum absolute atomic E-state index is 12.6. The van der Waals surface area contributed by atoms with Gasteiger partial charge in [0.25, 0.3) is 11.8 Å². The van der Waals surface area contributed by atoms with Crippen LogP contribution < -0.4 is 19.5 Å². The zero-order valence-electron chi connectivity index (χ0n) is 15.9. The first-order valence-electron chi connectivity index (χ1n) is 8.72. The van der Waals surface area contributed by atoms with Crippen LogP contribution in [-0.4, -0.2) is 75.8 Å². The van der Waals surface area contributed by atoms with Crippen molar-refractivity contribution in [3.63, 3.8) is 0 Å². The number of likely N-dealkylation sites (N-methyl/N-ethyl adjacent to an activating group) is 1. The van der Waals surface area contributed by atoms with Gasteiger partial charge in [-0.1, -0.05) is 0 Å². The highest BCUT2D eigenvalue weighted by Gasteiger charge is 2.33. The highest BCUT2D eigenvalue weighted by atomic mass is 79.9. The molecule has 9 heteroatoms. The lowest BCUT2D eigenvalue weighted by Crippen LogP contribution is -2.35. The first-order chi connectivity index (χ1) is 12.5. The third-order valence-electron chi connectivity index (χ3n) is 4.43. The fourth-order valence-electron chi connectivity index (χ4n) is 3.02. The van der Waals surface area contributed by atoms with Crippen molar-refractivity contribution >= 4 is 28.8 Å². The molecule has 3 rings (SSSR count). The standard InChI is InChI=1S/C18H25N3O5.BrH/c1-20(2)7-4-6-19-14(22)10-24-17-15-12(5-8-21(3)18(15)23)9-13-16(17)26-11-25-13;/h9H,4-8,10-11H2,1-3H3,(H,19,22);1H. The fraction of sp³-hybridized carbons (Fsp3) is 0.556. The molecule has 0 bridgehead atoms. The van der Waals surface area contributed by atoms with E-state index in [1.54, 1.807) is 11.9 Å². The third-order valence-corrected chi connectivity index (χ3v) is 4.43. The van der Waals surface area contributed by atoms with E-state index < -0.39 is 0 Å². The van der Waals surface area contributed by atoms with Gasteiger partial charge in [0.15, 0.2) is 18.1 Å². The number of benzene rings is 1. The van der Waals surface area contributed by atoms with E-state index >= 15 is 0 Å². The van der Waals surface area contributed by atoms with Crippen molar-refractivity contribution in [3.8, 4) is 17.2 Å². The van der Waals surface area contributed by atoms with Crippen molar-refractivity contribution in [2.45, 2.75) is 12.8 Å². The van der Waals surface area contributed by atoms with Crippen LogP contribution in [0.3, 0.4) is 0 Å². The summed E-state index contributed by atoms with van der Waals surface area (Å²) in [5.74, 6) is 0.891. The second kappa shape index (κ2) is 9.27. The largest absolute Gasteiger partial charge is 0.479 e. The van der Waals surface area contributed by atoms with Gasteiger partial charge in [-0.05, 0) is 45.1 Å². The van der Waals surface area contributed by atoms with Gasteiger partial charge in [-0.2, -0.15) is 0 Å². The van der Waals surface area contributed by atoms with Crippen molar-refractivity contribution in [2.75, 3.05) is 54.2 Å². The van der Waals surface area contributed by atoms with E-state index in [2.05, 4.69) is 10.2 Å². The number of halogens is 1. The molecular weight excluding hydrogens is 418 g/mol. The van der Waals surface area contributed by atoms with Crippen molar-refractivity contribution in [1.82, 2.24) is 15.1 Å². The monoisotopic (exact) mass is 443 g/mol. The predicted molar refractivity (Wildman–Crippen MR) is 105 cm³/mol. The van der Waals surface area contributed by atoms with E-state index in [0.29, 0.717) is 42.3 Å². The number of amides is 2. The SMILES string of the molecule is Br.CN(C)CCCNC(=O)COc1c2c(cc3c1C(=O)N(C)CC3)OCO2. The lowest BCUT2D eigenvalue weighted by Gasteiger charge is -2.27. The zero-order chi connectivity index (χ0) is 18.7. The highest BCUT2D eigenvalue weighted by molar-refractivity contribution is 8.93. The van der Waals surface area contributed by atoms with Gasteiger partial charge in [0, 0.05) is 20.1 Å². The normalized spacial score (nSPS) is 14.7. The Hall–Kier alpha value is -2.00. The first kappa shape index (κ1) is 21.3. The molecule has 1 aromatic carbocycles. The van der Waals surface area contributed by atoms with Crippen molar-refractivity contribution in [3.05, 3.63) is 17.2 Å². The molecule has 0 unspecified atom stereocenters. The summed E-state index contributed by atoms with van der Waals surface area (Å²) < 4.78 is 16.7. The molecule has 0 spiro atoms. The van der Waals surface area contributed by atoms with E-state index in [-0.39, 0.29) is 42.2 Å². The van der Waals surface area contributed by atoms with Crippen LogP contribution in [0.1, 0.15) is 22.3 Å². The lowest BCUT2D eigenvalue weighted by molar-refractivity contribution is -0.123. The van der Waals surface area contributed by atoms with E-state index in [9.17, 15) is 9.59 Å². The third kappa shape index (κ3) is 4.84. The molecule has 8 nitrogen and oxygen atoms in total. The number of hydrogen-bond donors (Lipinski definition) is 1. The summed E-state index contributed by atoms with van der Waals surface area (Å²) in [6.45, 7) is 2.01. The molecule has 0 radical (unpaired) electrons. The number of carbonyl (C=O) groups is 2. The van der Waals surface area contributed by atoms with Crippen molar-refractivity contribution < 1.29 is 23.8 Å². The summed E-state index contributed by atoms with van der Waals surface area (Å²) >= 11 is 0. The van der Waals surface area contributed by atoms with Crippen molar-refractivity contribution in [1.29, 1.82) is 0 Å². The highest BCUT2D eigenvalue weighted by Crippen LogP contribution is 2.46. The molecule has 2 aliphatic heterocycles. The number of fused-ring (bicyclic) bond motifs is 2. The second-order valence-corrected chi connectivity index (χ2v) is 6.75. The van der Waals surface area contributed by atoms with Gasteiger partial charge in [0.2, 0.25) is 12.5 Å². The van der Waals surface area contributed by atoms with Gasteiger partial charge in [0.1, 0.15) is 0 Å². The number of hydrogen-bond acceptors (Lipinski definition) is 6. The quantitative estimate of drug-likeness (QED) is 0.634. The average molecular weight is 444 g/mol. The molecule has 0 atom stereocenters. The Kier molecular flexibility index (Phi) is 7.32. The Morgan fingerprint density at radius 1 is 1.37 bits per heavy atom. The minimum absolute atomic E-state index is 0. The minimum Gasteiger partial charge on any atom is -0.479 e.